The molecule has 3 rings (SSSR count). The molecule has 1 saturated heterocycles. The van der Waals surface area contributed by atoms with Gasteiger partial charge in [0.05, 0.1) is 18.7 Å². The highest BCUT2D eigenvalue weighted by Gasteiger charge is 2.23. The van der Waals surface area contributed by atoms with Crippen LogP contribution in [0, 0.1) is 6.92 Å². The van der Waals surface area contributed by atoms with Crippen molar-refractivity contribution in [3.63, 3.8) is 0 Å². The van der Waals surface area contributed by atoms with Crippen molar-refractivity contribution in [2.75, 3.05) is 26.2 Å². The Kier molecular flexibility index (Phi) is 5.78. The van der Waals surface area contributed by atoms with Gasteiger partial charge in [-0.2, -0.15) is 0 Å². The first kappa shape index (κ1) is 19.1. The maximum Gasteiger partial charge on any atom is 0.227 e. The van der Waals surface area contributed by atoms with Crippen LogP contribution in [0.2, 0.25) is 0 Å². The quantitative estimate of drug-likeness (QED) is 0.823. The van der Waals surface area contributed by atoms with Crippen molar-refractivity contribution < 1.29 is 4.79 Å². The number of benzene rings is 1. The van der Waals surface area contributed by atoms with Crippen LogP contribution >= 0.6 is 11.3 Å². The number of hydrogen-bond donors (Lipinski definition) is 0. The maximum atomic E-state index is 12.6. The van der Waals surface area contributed by atoms with Gasteiger partial charge in [-0.05, 0) is 12.5 Å². The summed E-state index contributed by atoms with van der Waals surface area (Å²) >= 11 is 1.75. The Bertz CT molecular complexity index is 755. The third-order valence-electron chi connectivity index (χ3n) is 4.84. The second-order valence-corrected chi connectivity index (χ2v) is 9.14. The summed E-state index contributed by atoms with van der Waals surface area (Å²) in [7, 11) is 0. The summed E-state index contributed by atoms with van der Waals surface area (Å²) in [6, 6.07) is 8.23. The number of carbonyl (C=O) groups excluding carboxylic acids is 1. The first-order chi connectivity index (χ1) is 12.3. The maximum absolute atomic E-state index is 12.6. The number of carbonyl (C=O) groups is 1. The summed E-state index contributed by atoms with van der Waals surface area (Å²) in [5.41, 5.74) is 3.59. The molecule has 0 spiro atoms. The summed E-state index contributed by atoms with van der Waals surface area (Å²) in [6.07, 6.45) is 0.503. The third-order valence-corrected chi connectivity index (χ3v) is 5.68. The predicted molar refractivity (Wildman–Crippen MR) is 108 cm³/mol. The van der Waals surface area contributed by atoms with E-state index in [0.29, 0.717) is 6.42 Å². The van der Waals surface area contributed by atoms with Crippen LogP contribution < -0.4 is 0 Å². The zero-order valence-corrected chi connectivity index (χ0v) is 17.1. The minimum absolute atomic E-state index is 0.107. The average Bonchev–Trinajstić information content (AvgIpc) is 3.04. The molecule has 0 radical (unpaired) electrons. The Morgan fingerprint density at radius 2 is 1.92 bits per heavy atom. The fraction of sp³-hybridized carbons (Fsp3) is 0.524. The number of thiazole rings is 1. The molecule has 26 heavy (non-hydrogen) atoms. The Labute approximate surface area is 160 Å². The highest BCUT2D eigenvalue weighted by atomic mass is 32.1. The lowest BCUT2D eigenvalue weighted by Gasteiger charge is -2.34. The molecule has 0 N–H and O–H groups in total. The highest BCUT2D eigenvalue weighted by molar-refractivity contribution is 7.09. The van der Waals surface area contributed by atoms with E-state index in [1.54, 1.807) is 11.3 Å². The number of aromatic nitrogens is 1. The minimum atomic E-state index is 0.107. The molecule has 1 aliphatic rings. The molecule has 140 valence electrons. The second kappa shape index (κ2) is 7.89. The zero-order chi connectivity index (χ0) is 18.7. The minimum Gasteiger partial charge on any atom is -0.340 e. The van der Waals surface area contributed by atoms with Gasteiger partial charge in [0, 0.05) is 37.0 Å². The number of rotatable bonds is 4. The van der Waals surface area contributed by atoms with Crippen molar-refractivity contribution >= 4 is 17.2 Å². The van der Waals surface area contributed by atoms with Crippen LogP contribution in [0.5, 0.6) is 0 Å². The molecule has 0 aliphatic carbocycles. The number of hydrogen-bond acceptors (Lipinski definition) is 4. The van der Waals surface area contributed by atoms with Crippen LogP contribution in [0.3, 0.4) is 0 Å². The van der Waals surface area contributed by atoms with Crippen molar-refractivity contribution in [2.24, 2.45) is 0 Å². The number of nitrogens with zero attached hydrogens (tertiary/aromatic N) is 3. The van der Waals surface area contributed by atoms with Crippen molar-refractivity contribution in [1.29, 1.82) is 0 Å². The molecule has 2 aromatic rings. The fourth-order valence-corrected chi connectivity index (χ4v) is 4.25. The number of piperazine rings is 1. The molecule has 1 aromatic carbocycles. The largest absolute Gasteiger partial charge is 0.340 e. The molecule has 1 aliphatic heterocycles. The van der Waals surface area contributed by atoms with Gasteiger partial charge in [-0.25, -0.2) is 4.98 Å². The molecule has 1 aromatic heterocycles. The Morgan fingerprint density at radius 1 is 1.19 bits per heavy atom. The van der Waals surface area contributed by atoms with Gasteiger partial charge in [0.2, 0.25) is 5.91 Å². The number of amides is 1. The summed E-state index contributed by atoms with van der Waals surface area (Å²) < 4.78 is 0. The topological polar surface area (TPSA) is 36.4 Å². The summed E-state index contributed by atoms with van der Waals surface area (Å²) in [5, 5.41) is 3.35. The Hall–Kier alpha value is -1.72. The van der Waals surface area contributed by atoms with E-state index in [1.807, 2.05) is 17.0 Å². The lowest BCUT2D eigenvalue weighted by molar-refractivity contribution is -0.132. The molecule has 0 saturated carbocycles. The molecule has 0 bridgehead atoms. The first-order valence-corrected chi connectivity index (χ1v) is 10.2. The molecule has 4 nitrogen and oxygen atoms in total. The van der Waals surface area contributed by atoms with E-state index in [9.17, 15) is 4.79 Å². The van der Waals surface area contributed by atoms with E-state index in [0.717, 1.165) is 38.3 Å². The van der Waals surface area contributed by atoms with Crippen LogP contribution in [0.25, 0.3) is 0 Å². The second-order valence-electron chi connectivity index (χ2n) is 8.20. The van der Waals surface area contributed by atoms with Crippen molar-refractivity contribution in [3.8, 4) is 0 Å². The van der Waals surface area contributed by atoms with E-state index in [1.165, 1.54) is 16.3 Å². The van der Waals surface area contributed by atoms with Gasteiger partial charge in [0.15, 0.2) is 0 Å². The molecular weight excluding hydrogens is 342 g/mol. The van der Waals surface area contributed by atoms with Crippen LogP contribution in [-0.2, 0) is 23.2 Å². The Morgan fingerprint density at radius 3 is 2.54 bits per heavy atom. The van der Waals surface area contributed by atoms with Crippen molar-refractivity contribution in [3.05, 3.63) is 51.5 Å². The Balaban J connectivity index is 1.49. The first-order valence-electron chi connectivity index (χ1n) is 9.32. The normalized spacial score (nSPS) is 16.1. The lowest BCUT2D eigenvalue weighted by atomic mass is 9.93. The highest BCUT2D eigenvalue weighted by Crippen LogP contribution is 2.24. The molecule has 5 heteroatoms. The smallest absolute Gasteiger partial charge is 0.227 e. The van der Waals surface area contributed by atoms with Gasteiger partial charge in [-0.1, -0.05) is 50.6 Å². The van der Waals surface area contributed by atoms with Crippen LogP contribution in [0.1, 0.15) is 42.6 Å². The molecular formula is C21H29N3OS. The van der Waals surface area contributed by atoms with Gasteiger partial charge >= 0.3 is 0 Å². The standard InChI is InChI=1S/C21H29N3OS/c1-16-6-5-7-17(12-16)13-20(25)24-10-8-23(9-11-24)14-19-22-18(15-26-19)21(2,3)4/h5-7,12,15H,8-11,13-14H2,1-4H3. The molecule has 1 amide bonds. The van der Waals surface area contributed by atoms with Crippen LogP contribution in [0.15, 0.2) is 29.6 Å². The van der Waals surface area contributed by atoms with Crippen LogP contribution in [-0.4, -0.2) is 46.9 Å². The van der Waals surface area contributed by atoms with E-state index in [4.69, 9.17) is 4.98 Å². The lowest BCUT2D eigenvalue weighted by Crippen LogP contribution is -2.48. The third kappa shape index (κ3) is 4.92. The van der Waals surface area contributed by atoms with Gasteiger partial charge in [-0.15, -0.1) is 11.3 Å². The molecule has 1 fully saturated rings. The average molecular weight is 372 g/mol. The molecule has 0 unspecified atom stereocenters. The van der Waals surface area contributed by atoms with E-state index >= 15 is 0 Å². The zero-order valence-electron chi connectivity index (χ0n) is 16.3. The van der Waals surface area contributed by atoms with Crippen molar-refractivity contribution in [1.82, 2.24) is 14.8 Å². The van der Waals surface area contributed by atoms with Crippen molar-refractivity contribution in [2.45, 2.75) is 46.1 Å². The summed E-state index contributed by atoms with van der Waals surface area (Å²) in [6.45, 7) is 13.0. The van der Waals surface area contributed by atoms with E-state index in [2.05, 4.69) is 50.1 Å². The van der Waals surface area contributed by atoms with E-state index < -0.39 is 0 Å². The molecule has 0 atom stereocenters. The van der Waals surface area contributed by atoms with Gasteiger partial charge in [0.25, 0.3) is 0 Å². The molecule has 2 heterocycles. The fourth-order valence-electron chi connectivity index (χ4n) is 3.18. The monoisotopic (exact) mass is 371 g/mol. The van der Waals surface area contributed by atoms with Gasteiger partial charge < -0.3 is 4.90 Å². The van der Waals surface area contributed by atoms with Crippen LogP contribution in [0.4, 0.5) is 0 Å². The number of aryl methyl sites for hydroxylation is 1. The van der Waals surface area contributed by atoms with E-state index in [-0.39, 0.29) is 11.3 Å². The summed E-state index contributed by atoms with van der Waals surface area (Å²) in [5.74, 6) is 0.236. The van der Waals surface area contributed by atoms with Gasteiger partial charge in [-0.3, -0.25) is 9.69 Å². The predicted octanol–water partition coefficient (Wildman–Crippen LogP) is 3.64. The summed E-state index contributed by atoms with van der Waals surface area (Å²) in [4.78, 5) is 21.8. The van der Waals surface area contributed by atoms with Gasteiger partial charge in [0.1, 0.15) is 5.01 Å². The SMILES string of the molecule is Cc1cccc(CC(=O)N2CCN(Cc3nc(C(C)(C)C)cs3)CC2)c1.